The van der Waals surface area contributed by atoms with E-state index in [9.17, 15) is 0 Å². The van der Waals surface area contributed by atoms with Gasteiger partial charge in [-0.3, -0.25) is 0 Å². The summed E-state index contributed by atoms with van der Waals surface area (Å²) < 4.78 is 0. The van der Waals surface area contributed by atoms with Crippen molar-refractivity contribution in [2.24, 2.45) is 0 Å². The Kier molecular flexibility index (Phi) is 30.9. The van der Waals surface area contributed by atoms with E-state index in [1.807, 2.05) is 0 Å². The highest BCUT2D eigenvalue weighted by Crippen LogP contribution is 1.76. The molecule has 0 aliphatic rings. The number of hydrogen-bond donors (Lipinski definition) is 2. The molecule has 0 spiro atoms. The molecule has 0 rings (SSSR count). The lowest BCUT2D eigenvalue weighted by Gasteiger charge is -2.12. The zero-order valence-corrected chi connectivity index (χ0v) is 10.00. The van der Waals surface area contributed by atoms with Crippen molar-refractivity contribution in [1.82, 2.24) is 0 Å². The van der Waals surface area contributed by atoms with E-state index in [1.54, 1.807) is 0 Å². The van der Waals surface area contributed by atoms with Gasteiger partial charge in [0.25, 0.3) is 0 Å². The Labute approximate surface area is 93.2 Å². The fraction of sp³-hybridized carbons (Fsp3) is 0.889. The lowest BCUT2D eigenvalue weighted by Crippen LogP contribution is -2.49. The van der Waals surface area contributed by atoms with Crippen LogP contribution in [0.4, 0.5) is 0 Å². The Morgan fingerprint density at radius 3 is 1.33 bits per heavy atom. The molecule has 0 aliphatic heterocycles. The van der Waals surface area contributed by atoms with Gasteiger partial charge in [-0.05, 0) is 18.8 Å². The molecule has 0 fully saturated rings. The summed E-state index contributed by atoms with van der Waals surface area (Å²) >= 11 is 0. The molecule has 0 aliphatic carbocycles. The molecular formula is C9H24BN3O2. The largest absolute Gasteiger partial charge is 0.881 e. The van der Waals surface area contributed by atoms with E-state index in [2.05, 4.69) is 25.3 Å². The van der Waals surface area contributed by atoms with E-state index in [-0.39, 0.29) is 0 Å². The smallest absolute Gasteiger partial charge is 0.0739 e. The van der Waals surface area contributed by atoms with Crippen LogP contribution < -0.4 is 21.5 Å². The Bertz CT molecular complexity index is 119. The van der Waals surface area contributed by atoms with Crippen LogP contribution in [0.3, 0.4) is 0 Å². The standard InChI is InChI=1S/2C4H11N.CBNO2/c2*1-2-3-4-5;3-1-2(4)5/h2*2-5H2,1H3;/q;;-2/p+2. The van der Waals surface area contributed by atoms with E-state index in [0.717, 1.165) is 19.1 Å². The Balaban J connectivity index is -0.000000144. The van der Waals surface area contributed by atoms with Crippen LogP contribution >= 0.6 is 0 Å². The second kappa shape index (κ2) is 23.3. The average molecular weight is 217 g/mol. The quantitative estimate of drug-likeness (QED) is 0.498. The van der Waals surface area contributed by atoms with Gasteiger partial charge in [-0.1, -0.05) is 26.7 Å². The molecule has 90 valence electrons. The molecule has 0 aromatic heterocycles. The molecule has 6 N–H and O–H groups in total. The van der Waals surface area contributed by atoms with Crippen LogP contribution in [-0.4, -0.2) is 20.2 Å². The van der Waals surface area contributed by atoms with Crippen LogP contribution in [-0.2, 0) is 0 Å². The Hall–Kier alpha value is -0.605. The minimum atomic E-state index is -2.31. The zero-order valence-electron chi connectivity index (χ0n) is 10.00. The van der Waals surface area contributed by atoms with Crippen molar-refractivity contribution in [2.75, 3.05) is 13.1 Å². The second-order valence-electron chi connectivity index (χ2n) is 2.88. The van der Waals surface area contributed by atoms with Crippen molar-refractivity contribution in [3.63, 3.8) is 0 Å². The van der Waals surface area contributed by atoms with Crippen molar-refractivity contribution in [3.05, 3.63) is 0 Å². The van der Waals surface area contributed by atoms with Gasteiger partial charge >= 0.3 is 0 Å². The van der Waals surface area contributed by atoms with Crippen LogP contribution in [0.15, 0.2) is 0 Å². The van der Waals surface area contributed by atoms with Crippen LogP contribution in [0.1, 0.15) is 39.5 Å². The van der Waals surface area contributed by atoms with Crippen molar-refractivity contribution in [2.45, 2.75) is 39.5 Å². The monoisotopic (exact) mass is 217 g/mol. The highest BCUT2D eigenvalue weighted by molar-refractivity contribution is 6.46. The first-order valence-electron chi connectivity index (χ1n) is 5.40. The maximum Gasteiger partial charge on any atom is 0.0739 e. The fourth-order valence-electron chi connectivity index (χ4n) is 0.500. The molecule has 0 radical (unpaired) electrons. The zero-order chi connectivity index (χ0) is 12.5. The molecule has 0 heterocycles. The second-order valence-corrected chi connectivity index (χ2v) is 2.88. The van der Waals surface area contributed by atoms with Crippen LogP contribution in [0.5, 0.6) is 0 Å². The lowest BCUT2D eigenvalue weighted by atomic mass is 9.97. The summed E-state index contributed by atoms with van der Waals surface area (Å²) in [5.41, 5.74) is 7.35. The maximum atomic E-state index is 8.98. The highest BCUT2D eigenvalue weighted by Gasteiger charge is 1.71. The van der Waals surface area contributed by atoms with Gasteiger partial charge in [0, 0.05) is 7.12 Å². The SMILES string of the molecule is CCCC[NH3+].CCCC[NH3+].N#CB([O-])[O-]. The topological polar surface area (TPSA) is 125 Å². The van der Waals surface area contributed by atoms with Crippen molar-refractivity contribution < 1.29 is 21.5 Å². The lowest BCUT2D eigenvalue weighted by molar-refractivity contribution is -0.368. The maximum absolute atomic E-state index is 8.98. The van der Waals surface area contributed by atoms with Gasteiger partial charge in [0.05, 0.1) is 13.1 Å². The molecule has 5 nitrogen and oxygen atoms in total. The Morgan fingerprint density at radius 2 is 1.33 bits per heavy atom. The summed E-state index contributed by atoms with van der Waals surface area (Å²) in [6, 6.07) is 0. The average Bonchev–Trinajstić information content (AvgIpc) is 2.22. The summed E-state index contributed by atoms with van der Waals surface area (Å²) in [5, 5.41) is 25.2. The Morgan fingerprint density at radius 1 is 1.07 bits per heavy atom. The first-order valence-corrected chi connectivity index (χ1v) is 5.40. The predicted octanol–water partition coefficient (Wildman–Crippen LogP) is -2.69. The molecule has 0 aromatic rings. The fourth-order valence-corrected chi connectivity index (χ4v) is 0.500. The summed E-state index contributed by atoms with van der Waals surface area (Å²) in [6.07, 6.45) is 5.12. The molecule has 0 saturated heterocycles. The first-order chi connectivity index (χ1) is 7.10. The predicted molar refractivity (Wildman–Crippen MR) is 56.7 cm³/mol. The van der Waals surface area contributed by atoms with Gasteiger partial charge in [-0.25, -0.2) is 5.26 Å². The third-order valence-electron chi connectivity index (χ3n) is 1.31. The van der Waals surface area contributed by atoms with Gasteiger partial charge in [0.1, 0.15) is 0 Å². The van der Waals surface area contributed by atoms with E-state index in [1.165, 1.54) is 25.7 Å². The number of unbranched alkanes of at least 4 members (excludes halogenated alkanes) is 2. The van der Waals surface area contributed by atoms with E-state index >= 15 is 0 Å². The molecule has 0 bridgehead atoms. The van der Waals surface area contributed by atoms with Crippen molar-refractivity contribution in [1.29, 1.82) is 5.26 Å². The van der Waals surface area contributed by atoms with Gasteiger partial charge < -0.3 is 21.5 Å². The van der Waals surface area contributed by atoms with Gasteiger partial charge in [0.15, 0.2) is 0 Å². The van der Waals surface area contributed by atoms with Crippen molar-refractivity contribution in [3.8, 4) is 5.97 Å². The summed E-state index contributed by atoms with van der Waals surface area (Å²) in [6.45, 7) is 6.53. The van der Waals surface area contributed by atoms with Gasteiger partial charge in [-0.2, -0.15) is 0 Å². The molecule has 0 unspecified atom stereocenters. The number of rotatable bonds is 4. The number of nitrogens with zero attached hydrogens (tertiary/aromatic N) is 1. The first kappa shape index (κ1) is 19.9. The molecule has 0 aromatic carbocycles. The van der Waals surface area contributed by atoms with Crippen molar-refractivity contribution >= 4 is 7.12 Å². The summed E-state index contributed by atoms with van der Waals surface area (Å²) in [4.78, 5) is 0. The molecule has 0 saturated carbocycles. The third kappa shape index (κ3) is 59.8. The highest BCUT2D eigenvalue weighted by atomic mass is 16.4. The normalized spacial score (nSPS) is 7.53. The number of nitriles is 1. The molecular weight excluding hydrogens is 193 g/mol. The van der Waals surface area contributed by atoms with Crippen LogP contribution in [0.2, 0.25) is 0 Å². The minimum absolute atomic E-state index is 0.917. The van der Waals surface area contributed by atoms with Gasteiger partial charge in [-0.15, -0.1) is 0 Å². The van der Waals surface area contributed by atoms with Crippen LogP contribution in [0, 0.1) is 11.2 Å². The molecule has 0 amide bonds. The van der Waals surface area contributed by atoms with Crippen LogP contribution in [0.25, 0.3) is 0 Å². The van der Waals surface area contributed by atoms with E-state index in [0.29, 0.717) is 0 Å². The third-order valence-corrected chi connectivity index (χ3v) is 1.31. The van der Waals surface area contributed by atoms with E-state index < -0.39 is 7.12 Å². The molecule has 0 atom stereocenters. The minimum Gasteiger partial charge on any atom is -0.881 e. The molecule has 6 heteroatoms. The van der Waals surface area contributed by atoms with E-state index in [4.69, 9.17) is 15.3 Å². The summed E-state index contributed by atoms with van der Waals surface area (Å²) in [5.74, 6) is 0.917. The summed E-state index contributed by atoms with van der Waals surface area (Å²) in [7, 11) is -2.31. The van der Waals surface area contributed by atoms with Gasteiger partial charge in [0.2, 0.25) is 0 Å². The molecule has 15 heavy (non-hydrogen) atoms. The number of quaternary nitrogens is 2. The number of hydrogen-bond acceptors (Lipinski definition) is 3.